The van der Waals surface area contributed by atoms with E-state index in [1.54, 1.807) is 36.2 Å². The maximum absolute atomic E-state index is 13.5. The molecule has 0 aromatic heterocycles. The Labute approximate surface area is 172 Å². The molecule has 2 aromatic carbocycles. The lowest BCUT2D eigenvalue weighted by molar-refractivity contribution is -0.138. The van der Waals surface area contributed by atoms with Gasteiger partial charge in [0.05, 0.1) is 12.2 Å². The van der Waals surface area contributed by atoms with Crippen LogP contribution in [0.25, 0.3) is 11.1 Å². The van der Waals surface area contributed by atoms with Crippen LogP contribution in [0.15, 0.2) is 42.5 Å². The number of ether oxygens (including phenoxy) is 1. The predicted molar refractivity (Wildman–Crippen MR) is 106 cm³/mol. The average Bonchev–Trinajstić information content (AvgIpc) is 2.73. The molecule has 1 heterocycles. The Morgan fingerprint density at radius 1 is 1.20 bits per heavy atom. The second kappa shape index (κ2) is 8.77. The highest BCUT2D eigenvalue weighted by Gasteiger charge is 2.32. The van der Waals surface area contributed by atoms with Gasteiger partial charge in [0, 0.05) is 38.5 Å². The van der Waals surface area contributed by atoms with Crippen LogP contribution >= 0.6 is 0 Å². The molecule has 0 spiro atoms. The third kappa shape index (κ3) is 5.11. The van der Waals surface area contributed by atoms with E-state index in [4.69, 9.17) is 4.74 Å². The standard InChI is InChI=1S/C22H23F3N2O3/c1-26-21(29)16-5-3-4-15(8-16)17-9-18(22(23,24)25)11-19(10-17)30-13-14-6-7-20(28)27(2)12-14/h3-5,8-11,14H,6-7,12-13H2,1-2H3,(H,26,29). The van der Waals surface area contributed by atoms with Crippen molar-refractivity contribution in [3.8, 4) is 16.9 Å². The van der Waals surface area contributed by atoms with Gasteiger partial charge in [0.2, 0.25) is 5.91 Å². The smallest absolute Gasteiger partial charge is 0.416 e. The highest BCUT2D eigenvalue weighted by Crippen LogP contribution is 2.36. The minimum absolute atomic E-state index is 0.0577. The zero-order valence-corrected chi connectivity index (χ0v) is 16.8. The van der Waals surface area contributed by atoms with E-state index in [0.29, 0.717) is 36.1 Å². The maximum Gasteiger partial charge on any atom is 0.416 e. The van der Waals surface area contributed by atoms with Gasteiger partial charge >= 0.3 is 6.18 Å². The van der Waals surface area contributed by atoms with Gasteiger partial charge in [-0.05, 0) is 47.9 Å². The summed E-state index contributed by atoms with van der Waals surface area (Å²) in [7, 11) is 3.19. The Balaban J connectivity index is 1.88. The van der Waals surface area contributed by atoms with Gasteiger partial charge < -0.3 is 15.0 Å². The normalized spacial score (nSPS) is 17.0. The number of nitrogens with one attached hydrogen (secondary N) is 1. The molecular weight excluding hydrogens is 397 g/mol. The van der Waals surface area contributed by atoms with Crippen LogP contribution < -0.4 is 10.1 Å². The molecule has 30 heavy (non-hydrogen) atoms. The topological polar surface area (TPSA) is 58.6 Å². The van der Waals surface area contributed by atoms with Crippen molar-refractivity contribution in [1.29, 1.82) is 0 Å². The monoisotopic (exact) mass is 420 g/mol. The highest BCUT2D eigenvalue weighted by atomic mass is 19.4. The second-order valence-corrected chi connectivity index (χ2v) is 7.39. The van der Waals surface area contributed by atoms with Crippen molar-refractivity contribution in [3.05, 3.63) is 53.6 Å². The van der Waals surface area contributed by atoms with Gasteiger partial charge in [-0.25, -0.2) is 0 Å². The Morgan fingerprint density at radius 2 is 1.97 bits per heavy atom. The van der Waals surface area contributed by atoms with Gasteiger partial charge in [-0.1, -0.05) is 12.1 Å². The number of likely N-dealkylation sites (tertiary alicyclic amines) is 1. The number of benzene rings is 2. The quantitative estimate of drug-likeness (QED) is 0.796. The van der Waals surface area contributed by atoms with Crippen LogP contribution in [0, 0.1) is 5.92 Å². The molecule has 160 valence electrons. The molecule has 1 aliphatic heterocycles. The van der Waals surface area contributed by atoms with Crippen LogP contribution in [0.2, 0.25) is 0 Å². The van der Waals surface area contributed by atoms with Gasteiger partial charge in [0.25, 0.3) is 5.91 Å². The molecule has 1 unspecified atom stereocenters. The second-order valence-electron chi connectivity index (χ2n) is 7.39. The molecule has 5 nitrogen and oxygen atoms in total. The summed E-state index contributed by atoms with van der Waals surface area (Å²) in [6.45, 7) is 0.732. The van der Waals surface area contributed by atoms with Crippen molar-refractivity contribution in [2.75, 3.05) is 27.2 Å². The summed E-state index contributed by atoms with van der Waals surface area (Å²) in [5, 5.41) is 2.50. The van der Waals surface area contributed by atoms with Gasteiger partial charge in [-0.2, -0.15) is 13.2 Å². The largest absolute Gasteiger partial charge is 0.493 e. The molecule has 0 radical (unpaired) electrons. The molecule has 1 atom stereocenters. The SMILES string of the molecule is CNC(=O)c1cccc(-c2cc(OCC3CCC(=O)N(C)C3)cc(C(F)(F)F)c2)c1. The number of carbonyl (C=O) groups excluding carboxylic acids is 2. The third-order valence-corrected chi connectivity index (χ3v) is 5.13. The molecule has 0 bridgehead atoms. The van der Waals surface area contributed by atoms with Crippen LogP contribution in [0.3, 0.4) is 0 Å². The van der Waals surface area contributed by atoms with Gasteiger partial charge in [0.15, 0.2) is 0 Å². The summed E-state index contributed by atoms with van der Waals surface area (Å²) in [5.74, 6) is -0.105. The predicted octanol–water partition coefficient (Wildman–Crippen LogP) is 3.98. The molecule has 2 aromatic rings. The molecule has 1 aliphatic rings. The van der Waals surface area contributed by atoms with Crippen LogP contribution in [-0.2, 0) is 11.0 Å². The first-order chi connectivity index (χ1) is 14.2. The lowest BCUT2D eigenvalue weighted by Gasteiger charge is -2.29. The Kier molecular flexibility index (Phi) is 6.34. The summed E-state index contributed by atoms with van der Waals surface area (Å²) < 4.78 is 46.1. The molecule has 3 rings (SSSR count). The van der Waals surface area contributed by atoms with E-state index in [1.165, 1.54) is 13.1 Å². The van der Waals surface area contributed by atoms with E-state index in [9.17, 15) is 22.8 Å². The molecule has 1 fully saturated rings. The Hall–Kier alpha value is -3.03. The van der Waals surface area contributed by atoms with Crippen molar-refractivity contribution < 1.29 is 27.5 Å². The van der Waals surface area contributed by atoms with Gasteiger partial charge in [-0.15, -0.1) is 0 Å². The first kappa shape index (κ1) is 21.7. The number of nitrogens with zero attached hydrogens (tertiary/aromatic N) is 1. The van der Waals surface area contributed by atoms with E-state index >= 15 is 0 Å². The maximum atomic E-state index is 13.5. The van der Waals surface area contributed by atoms with Crippen LogP contribution in [0.1, 0.15) is 28.8 Å². The first-order valence-corrected chi connectivity index (χ1v) is 9.59. The molecule has 8 heteroatoms. The lowest BCUT2D eigenvalue weighted by atomic mass is 9.98. The van der Waals surface area contributed by atoms with E-state index in [0.717, 1.165) is 12.1 Å². The zero-order chi connectivity index (χ0) is 21.9. The number of amides is 2. The van der Waals surface area contributed by atoms with Crippen molar-refractivity contribution >= 4 is 11.8 Å². The highest BCUT2D eigenvalue weighted by molar-refractivity contribution is 5.95. The fourth-order valence-corrected chi connectivity index (χ4v) is 3.45. The fourth-order valence-electron chi connectivity index (χ4n) is 3.45. The van der Waals surface area contributed by atoms with Gasteiger partial charge in [0.1, 0.15) is 5.75 Å². The van der Waals surface area contributed by atoms with Crippen LogP contribution in [0.4, 0.5) is 13.2 Å². The Morgan fingerprint density at radius 3 is 2.63 bits per heavy atom. The summed E-state index contributed by atoms with van der Waals surface area (Å²) in [6.07, 6.45) is -3.49. The number of rotatable bonds is 5. The molecule has 2 amide bonds. The van der Waals surface area contributed by atoms with E-state index < -0.39 is 11.7 Å². The van der Waals surface area contributed by atoms with Crippen molar-refractivity contribution in [3.63, 3.8) is 0 Å². The number of carbonyl (C=O) groups is 2. The summed E-state index contributed by atoms with van der Waals surface area (Å²) in [4.78, 5) is 25.1. The first-order valence-electron chi connectivity index (χ1n) is 9.59. The lowest BCUT2D eigenvalue weighted by Crippen LogP contribution is -2.38. The molecule has 1 saturated heterocycles. The van der Waals surface area contributed by atoms with E-state index in [1.807, 2.05) is 0 Å². The minimum atomic E-state index is -4.54. The third-order valence-electron chi connectivity index (χ3n) is 5.13. The number of piperidine rings is 1. The number of alkyl halides is 3. The minimum Gasteiger partial charge on any atom is -0.493 e. The summed E-state index contributed by atoms with van der Waals surface area (Å²) in [5.41, 5.74) is 0.317. The summed E-state index contributed by atoms with van der Waals surface area (Å²) >= 11 is 0. The van der Waals surface area contributed by atoms with Crippen LogP contribution in [0.5, 0.6) is 5.75 Å². The summed E-state index contributed by atoms with van der Waals surface area (Å²) in [6, 6.07) is 9.96. The van der Waals surface area contributed by atoms with Gasteiger partial charge in [-0.3, -0.25) is 9.59 Å². The molecule has 0 aliphatic carbocycles. The molecular formula is C22H23F3N2O3. The molecule has 1 N–H and O–H groups in total. The average molecular weight is 420 g/mol. The fraction of sp³-hybridized carbons (Fsp3) is 0.364. The van der Waals surface area contributed by atoms with Crippen molar-refractivity contribution in [1.82, 2.24) is 10.2 Å². The number of hydrogen-bond acceptors (Lipinski definition) is 3. The van der Waals surface area contributed by atoms with E-state index in [2.05, 4.69) is 5.32 Å². The van der Waals surface area contributed by atoms with E-state index in [-0.39, 0.29) is 30.1 Å². The molecule has 0 saturated carbocycles. The van der Waals surface area contributed by atoms with Crippen LogP contribution in [-0.4, -0.2) is 44.0 Å². The Bertz CT molecular complexity index is 943. The zero-order valence-electron chi connectivity index (χ0n) is 16.8. The number of halogens is 3. The van der Waals surface area contributed by atoms with Crippen molar-refractivity contribution in [2.24, 2.45) is 5.92 Å². The number of hydrogen-bond donors (Lipinski definition) is 1. The van der Waals surface area contributed by atoms with Crippen molar-refractivity contribution in [2.45, 2.75) is 19.0 Å².